The van der Waals surface area contributed by atoms with Crippen LogP contribution in [0.3, 0.4) is 0 Å². The van der Waals surface area contributed by atoms with Gasteiger partial charge < -0.3 is 9.88 Å². The van der Waals surface area contributed by atoms with E-state index in [1.807, 2.05) is 55.4 Å². The molecule has 144 valence electrons. The van der Waals surface area contributed by atoms with Crippen LogP contribution >= 0.6 is 0 Å². The molecule has 1 unspecified atom stereocenters. The Hall–Kier alpha value is -2.74. The molecule has 7 heteroatoms. The molecule has 6 nitrogen and oxygen atoms in total. The Kier molecular flexibility index (Phi) is 4.89. The van der Waals surface area contributed by atoms with Crippen LogP contribution in [0.1, 0.15) is 11.6 Å². The summed E-state index contributed by atoms with van der Waals surface area (Å²) < 4.78 is 28.5. The Morgan fingerprint density at radius 2 is 1.89 bits per heavy atom. The molecule has 2 heterocycles. The van der Waals surface area contributed by atoms with Crippen molar-refractivity contribution in [1.82, 2.24) is 19.6 Å². The summed E-state index contributed by atoms with van der Waals surface area (Å²) in [6.07, 6.45) is 3.55. The van der Waals surface area contributed by atoms with Gasteiger partial charge in [-0.25, -0.2) is 13.1 Å². The minimum absolute atomic E-state index is 0.150. The Morgan fingerprint density at radius 1 is 1.07 bits per heavy atom. The van der Waals surface area contributed by atoms with Gasteiger partial charge >= 0.3 is 0 Å². The molecule has 0 aliphatic rings. The van der Waals surface area contributed by atoms with Crippen molar-refractivity contribution < 1.29 is 8.42 Å². The van der Waals surface area contributed by atoms with Crippen molar-refractivity contribution in [2.24, 2.45) is 0 Å². The molecular formula is C21H22N4O2S. The molecule has 2 N–H and O–H groups in total. The van der Waals surface area contributed by atoms with Gasteiger partial charge in [0.05, 0.1) is 10.4 Å². The lowest BCUT2D eigenvalue weighted by Crippen LogP contribution is -2.34. The normalized spacial score (nSPS) is 13.4. The van der Waals surface area contributed by atoms with E-state index in [0.29, 0.717) is 0 Å². The van der Waals surface area contributed by atoms with Gasteiger partial charge in [0, 0.05) is 35.9 Å². The second-order valence-electron chi connectivity index (χ2n) is 6.98. The van der Waals surface area contributed by atoms with Crippen LogP contribution in [0.5, 0.6) is 0 Å². The predicted octanol–water partition coefficient (Wildman–Crippen LogP) is 3.30. The van der Waals surface area contributed by atoms with Gasteiger partial charge in [-0.2, -0.15) is 0 Å². The number of para-hydroxylation sites is 1. The molecule has 0 saturated heterocycles. The zero-order valence-electron chi connectivity index (χ0n) is 15.8. The highest BCUT2D eigenvalue weighted by atomic mass is 32.2. The standard InChI is InChI=1S/C21H22N4O2S/c1-25(2)20(18-7-3-5-16-6-4-11-23-21(16)18)14-24-28(26,27)17-9-8-15-10-12-22-19(15)13-17/h3-13,20,22,24H,14H2,1-2H3. The third-order valence-electron chi connectivity index (χ3n) is 4.95. The van der Waals surface area contributed by atoms with E-state index in [0.717, 1.165) is 27.4 Å². The molecule has 4 aromatic rings. The number of H-pyrrole nitrogens is 1. The van der Waals surface area contributed by atoms with E-state index in [4.69, 9.17) is 0 Å². The minimum atomic E-state index is -3.64. The van der Waals surface area contributed by atoms with Gasteiger partial charge in [0.15, 0.2) is 0 Å². The lowest BCUT2D eigenvalue weighted by Gasteiger charge is -2.26. The SMILES string of the molecule is CN(C)C(CNS(=O)(=O)c1ccc2cc[nH]c2c1)c1cccc2cccnc12. The maximum Gasteiger partial charge on any atom is 0.240 e. The molecule has 2 aromatic heterocycles. The number of sulfonamides is 1. The van der Waals surface area contributed by atoms with E-state index in [1.165, 1.54) is 0 Å². The van der Waals surface area contributed by atoms with E-state index >= 15 is 0 Å². The van der Waals surface area contributed by atoms with E-state index in [-0.39, 0.29) is 17.5 Å². The summed E-state index contributed by atoms with van der Waals surface area (Å²) in [5, 5.41) is 2.01. The Balaban J connectivity index is 1.63. The molecule has 0 aliphatic heterocycles. The zero-order valence-corrected chi connectivity index (χ0v) is 16.6. The van der Waals surface area contributed by atoms with Crippen LogP contribution in [-0.2, 0) is 10.0 Å². The summed E-state index contributed by atoms with van der Waals surface area (Å²) >= 11 is 0. The maximum absolute atomic E-state index is 12.9. The van der Waals surface area contributed by atoms with Crippen LogP contribution in [0.25, 0.3) is 21.8 Å². The number of nitrogens with one attached hydrogen (secondary N) is 2. The molecule has 0 spiro atoms. The molecule has 4 rings (SSSR count). The van der Waals surface area contributed by atoms with Gasteiger partial charge in [0.2, 0.25) is 10.0 Å². The molecule has 28 heavy (non-hydrogen) atoms. The van der Waals surface area contributed by atoms with E-state index in [2.05, 4.69) is 14.7 Å². The first kappa shape index (κ1) is 18.6. The summed E-state index contributed by atoms with van der Waals surface area (Å²) in [5.74, 6) is 0. The van der Waals surface area contributed by atoms with E-state index < -0.39 is 10.0 Å². The number of hydrogen-bond acceptors (Lipinski definition) is 4. The van der Waals surface area contributed by atoms with Gasteiger partial charge in [-0.15, -0.1) is 0 Å². The number of pyridine rings is 1. The smallest absolute Gasteiger partial charge is 0.240 e. The minimum Gasteiger partial charge on any atom is -0.361 e. The van der Waals surface area contributed by atoms with Crippen molar-refractivity contribution in [2.45, 2.75) is 10.9 Å². The van der Waals surface area contributed by atoms with Crippen LogP contribution in [0.4, 0.5) is 0 Å². The summed E-state index contributed by atoms with van der Waals surface area (Å²) in [6.45, 7) is 0.244. The summed E-state index contributed by atoms with van der Waals surface area (Å²) in [4.78, 5) is 9.81. The van der Waals surface area contributed by atoms with Crippen LogP contribution in [0.15, 0.2) is 71.9 Å². The number of nitrogens with zero attached hydrogens (tertiary/aromatic N) is 2. The molecule has 0 radical (unpaired) electrons. The first-order chi connectivity index (χ1) is 13.5. The molecule has 0 saturated carbocycles. The lowest BCUT2D eigenvalue weighted by atomic mass is 10.0. The van der Waals surface area contributed by atoms with Crippen LogP contribution in [-0.4, -0.2) is 43.9 Å². The third-order valence-corrected chi connectivity index (χ3v) is 6.37. The van der Waals surface area contributed by atoms with E-state index in [1.54, 1.807) is 30.6 Å². The van der Waals surface area contributed by atoms with Gasteiger partial charge in [-0.05, 0) is 49.3 Å². The Labute approximate surface area is 164 Å². The fourth-order valence-electron chi connectivity index (χ4n) is 3.43. The number of rotatable bonds is 6. The van der Waals surface area contributed by atoms with Gasteiger partial charge in [0.1, 0.15) is 0 Å². The van der Waals surface area contributed by atoms with Gasteiger partial charge in [-0.3, -0.25) is 4.98 Å². The topological polar surface area (TPSA) is 78.1 Å². The Morgan fingerprint density at radius 3 is 2.71 bits per heavy atom. The second kappa shape index (κ2) is 7.35. The van der Waals surface area contributed by atoms with E-state index in [9.17, 15) is 8.42 Å². The van der Waals surface area contributed by atoms with Gasteiger partial charge in [0.25, 0.3) is 0 Å². The lowest BCUT2D eigenvalue weighted by molar-refractivity contribution is 0.301. The number of aromatic nitrogens is 2. The third kappa shape index (κ3) is 3.52. The predicted molar refractivity (Wildman–Crippen MR) is 112 cm³/mol. The molecule has 2 aromatic carbocycles. The van der Waals surface area contributed by atoms with Crippen molar-refractivity contribution in [2.75, 3.05) is 20.6 Å². The van der Waals surface area contributed by atoms with Gasteiger partial charge in [-0.1, -0.05) is 30.3 Å². The zero-order chi connectivity index (χ0) is 19.7. The van der Waals surface area contributed by atoms with Crippen molar-refractivity contribution >= 4 is 31.8 Å². The quantitative estimate of drug-likeness (QED) is 0.526. The first-order valence-corrected chi connectivity index (χ1v) is 10.5. The average Bonchev–Trinajstić information content (AvgIpc) is 3.16. The van der Waals surface area contributed by atoms with Crippen LogP contribution in [0, 0.1) is 0 Å². The second-order valence-corrected chi connectivity index (χ2v) is 8.75. The van der Waals surface area contributed by atoms with Crippen molar-refractivity contribution in [1.29, 1.82) is 0 Å². The summed E-state index contributed by atoms with van der Waals surface area (Å²) in [7, 11) is 0.236. The monoisotopic (exact) mass is 394 g/mol. The number of aromatic amines is 1. The largest absolute Gasteiger partial charge is 0.361 e. The van der Waals surface area contributed by atoms with Crippen molar-refractivity contribution in [3.8, 4) is 0 Å². The molecular weight excluding hydrogens is 372 g/mol. The van der Waals surface area contributed by atoms with Crippen LogP contribution < -0.4 is 4.72 Å². The highest BCUT2D eigenvalue weighted by Gasteiger charge is 2.22. The fourth-order valence-corrected chi connectivity index (χ4v) is 4.50. The van der Waals surface area contributed by atoms with Crippen molar-refractivity contribution in [3.63, 3.8) is 0 Å². The average molecular weight is 395 g/mol. The fraction of sp³-hybridized carbons (Fsp3) is 0.190. The summed E-state index contributed by atoms with van der Waals surface area (Å²) in [6, 6.07) is 16.7. The Bertz CT molecular complexity index is 1230. The highest BCUT2D eigenvalue weighted by molar-refractivity contribution is 7.89. The number of benzene rings is 2. The summed E-state index contributed by atoms with van der Waals surface area (Å²) in [5.41, 5.74) is 2.67. The number of hydrogen-bond donors (Lipinski definition) is 2. The van der Waals surface area contributed by atoms with Crippen LogP contribution in [0.2, 0.25) is 0 Å². The van der Waals surface area contributed by atoms with Crippen molar-refractivity contribution in [3.05, 3.63) is 72.6 Å². The molecule has 0 bridgehead atoms. The maximum atomic E-state index is 12.9. The molecule has 0 amide bonds. The molecule has 0 aliphatic carbocycles. The molecule has 0 fully saturated rings. The number of fused-ring (bicyclic) bond motifs is 2. The number of likely N-dealkylation sites (N-methyl/N-ethyl adjacent to an activating group) is 1. The molecule has 1 atom stereocenters. The highest BCUT2D eigenvalue weighted by Crippen LogP contribution is 2.26. The first-order valence-electron chi connectivity index (χ1n) is 9.02.